The minimum Gasteiger partial charge on any atom is -0.491 e. The molecule has 0 aliphatic carbocycles. The average Bonchev–Trinajstić information content (AvgIpc) is 3.03. The molecule has 0 aliphatic heterocycles. The maximum absolute atomic E-state index is 6.11. The summed E-state index contributed by atoms with van der Waals surface area (Å²) in [6.07, 6.45) is 4.85. The van der Waals surface area contributed by atoms with Crippen molar-refractivity contribution in [2.45, 2.75) is 20.3 Å². The lowest BCUT2D eigenvalue weighted by atomic mass is 10.1. The van der Waals surface area contributed by atoms with E-state index in [0.717, 1.165) is 34.6 Å². The SMILES string of the molecule is C=C(C)COc1cccn2cc(-c3ccc(OCCC)c(N)c3)nc12. The normalized spacial score (nSPS) is 10.8. The predicted molar refractivity (Wildman–Crippen MR) is 101 cm³/mol. The number of anilines is 1. The zero-order valence-corrected chi connectivity index (χ0v) is 14.7. The highest BCUT2D eigenvalue weighted by atomic mass is 16.5. The first-order chi connectivity index (χ1) is 12.1. The Kier molecular flexibility index (Phi) is 4.93. The number of ether oxygens (including phenoxy) is 2. The van der Waals surface area contributed by atoms with Gasteiger partial charge in [-0.3, -0.25) is 0 Å². The lowest BCUT2D eigenvalue weighted by molar-refractivity contribution is 0.319. The van der Waals surface area contributed by atoms with Crippen LogP contribution in [0, 0.1) is 0 Å². The van der Waals surface area contributed by atoms with E-state index < -0.39 is 0 Å². The molecule has 0 aliphatic rings. The highest BCUT2D eigenvalue weighted by Gasteiger charge is 2.11. The van der Waals surface area contributed by atoms with Crippen LogP contribution in [0.25, 0.3) is 16.9 Å². The summed E-state index contributed by atoms with van der Waals surface area (Å²) in [5.41, 5.74) is 10.2. The first-order valence-corrected chi connectivity index (χ1v) is 8.36. The molecule has 0 unspecified atom stereocenters. The van der Waals surface area contributed by atoms with Gasteiger partial charge in [-0.05, 0) is 49.2 Å². The number of aromatic nitrogens is 2. The number of nitrogens with zero attached hydrogens (tertiary/aromatic N) is 2. The number of hydrogen-bond donors (Lipinski definition) is 1. The maximum Gasteiger partial charge on any atom is 0.180 e. The number of imidazole rings is 1. The minimum atomic E-state index is 0.471. The van der Waals surface area contributed by atoms with Crippen molar-refractivity contribution in [1.29, 1.82) is 0 Å². The van der Waals surface area contributed by atoms with E-state index >= 15 is 0 Å². The third kappa shape index (κ3) is 3.76. The standard InChI is InChI=1S/C20H23N3O2/c1-4-10-24-18-8-7-15(11-16(18)21)17-12-23-9-5-6-19(20(23)22-17)25-13-14(2)3/h5-9,11-12H,2,4,10,13,21H2,1,3H3. The van der Waals surface area contributed by atoms with Crippen molar-refractivity contribution in [2.24, 2.45) is 0 Å². The topological polar surface area (TPSA) is 61.8 Å². The molecule has 0 atom stereocenters. The van der Waals surface area contributed by atoms with Gasteiger partial charge < -0.3 is 19.6 Å². The molecule has 0 spiro atoms. The van der Waals surface area contributed by atoms with Crippen molar-refractivity contribution in [3.63, 3.8) is 0 Å². The molecule has 1 aromatic carbocycles. The smallest absolute Gasteiger partial charge is 0.180 e. The second kappa shape index (κ2) is 7.30. The minimum absolute atomic E-state index is 0.471. The zero-order valence-electron chi connectivity index (χ0n) is 14.7. The van der Waals surface area contributed by atoms with Crippen molar-refractivity contribution in [1.82, 2.24) is 9.38 Å². The Morgan fingerprint density at radius 3 is 2.80 bits per heavy atom. The molecule has 2 heterocycles. The summed E-state index contributed by atoms with van der Waals surface area (Å²) in [6.45, 7) is 8.99. The van der Waals surface area contributed by atoms with Gasteiger partial charge in [-0.15, -0.1) is 0 Å². The fourth-order valence-electron chi connectivity index (χ4n) is 2.49. The Labute approximate surface area is 147 Å². The lowest BCUT2D eigenvalue weighted by Crippen LogP contribution is -1.99. The summed E-state index contributed by atoms with van der Waals surface area (Å²) in [6, 6.07) is 9.59. The van der Waals surface area contributed by atoms with E-state index in [1.807, 2.05) is 54.0 Å². The number of nitrogen functional groups attached to an aromatic ring is 1. The summed E-state index contributed by atoms with van der Waals surface area (Å²) in [5, 5.41) is 0. The third-order valence-electron chi connectivity index (χ3n) is 3.69. The van der Waals surface area contributed by atoms with Gasteiger partial charge in [0, 0.05) is 18.0 Å². The molecule has 0 bridgehead atoms. The van der Waals surface area contributed by atoms with Crippen LogP contribution in [0.5, 0.6) is 11.5 Å². The van der Waals surface area contributed by atoms with E-state index in [1.165, 1.54) is 0 Å². The second-order valence-corrected chi connectivity index (χ2v) is 6.08. The molecule has 130 valence electrons. The van der Waals surface area contributed by atoms with E-state index in [9.17, 15) is 0 Å². The van der Waals surface area contributed by atoms with Gasteiger partial charge >= 0.3 is 0 Å². The molecular formula is C20H23N3O2. The number of hydrogen-bond acceptors (Lipinski definition) is 4. The van der Waals surface area contributed by atoms with Crippen LogP contribution >= 0.6 is 0 Å². The Balaban J connectivity index is 1.92. The highest BCUT2D eigenvalue weighted by Crippen LogP contribution is 2.30. The monoisotopic (exact) mass is 337 g/mol. The van der Waals surface area contributed by atoms with Crippen molar-refractivity contribution < 1.29 is 9.47 Å². The van der Waals surface area contributed by atoms with Crippen LogP contribution in [-0.4, -0.2) is 22.6 Å². The van der Waals surface area contributed by atoms with Crippen LogP contribution in [0.2, 0.25) is 0 Å². The summed E-state index contributed by atoms with van der Waals surface area (Å²) in [5.74, 6) is 1.44. The van der Waals surface area contributed by atoms with Crippen LogP contribution in [-0.2, 0) is 0 Å². The van der Waals surface area contributed by atoms with Crippen molar-refractivity contribution >= 4 is 11.3 Å². The summed E-state index contributed by atoms with van der Waals surface area (Å²) >= 11 is 0. The van der Waals surface area contributed by atoms with Crippen LogP contribution < -0.4 is 15.2 Å². The van der Waals surface area contributed by atoms with Gasteiger partial charge in [-0.1, -0.05) is 13.5 Å². The third-order valence-corrected chi connectivity index (χ3v) is 3.69. The molecule has 0 radical (unpaired) electrons. The van der Waals surface area contributed by atoms with Gasteiger partial charge in [0.15, 0.2) is 11.4 Å². The molecule has 2 N–H and O–H groups in total. The van der Waals surface area contributed by atoms with E-state index in [2.05, 4.69) is 13.5 Å². The van der Waals surface area contributed by atoms with Gasteiger partial charge in [-0.2, -0.15) is 0 Å². The first kappa shape index (κ1) is 16.9. The van der Waals surface area contributed by atoms with E-state index in [1.54, 1.807) is 0 Å². The summed E-state index contributed by atoms with van der Waals surface area (Å²) in [7, 11) is 0. The quantitative estimate of drug-likeness (QED) is 0.515. The second-order valence-electron chi connectivity index (χ2n) is 6.08. The molecule has 5 nitrogen and oxygen atoms in total. The molecule has 3 rings (SSSR count). The largest absolute Gasteiger partial charge is 0.491 e. The number of benzene rings is 1. The Bertz CT molecular complexity index is 899. The highest BCUT2D eigenvalue weighted by molar-refractivity contribution is 5.71. The first-order valence-electron chi connectivity index (χ1n) is 8.36. The van der Waals surface area contributed by atoms with Gasteiger partial charge in [-0.25, -0.2) is 4.98 Å². The molecule has 0 saturated carbocycles. The van der Waals surface area contributed by atoms with E-state index in [-0.39, 0.29) is 0 Å². The van der Waals surface area contributed by atoms with E-state index in [4.69, 9.17) is 20.2 Å². The van der Waals surface area contributed by atoms with Crippen molar-refractivity contribution in [2.75, 3.05) is 18.9 Å². The number of nitrogens with two attached hydrogens (primary N) is 1. The lowest BCUT2D eigenvalue weighted by Gasteiger charge is -2.08. The predicted octanol–water partition coefficient (Wildman–Crippen LogP) is 4.33. The van der Waals surface area contributed by atoms with Crippen LogP contribution in [0.15, 0.2) is 54.9 Å². The van der Waals surface area contributed by atoms with Gasteiger partial charge in [0.2, 0.25) is 0 Å². The number of rotatable bonds is 7. The van der Waals surface area contributed by atoms with Crippen LogP contribution in [0.4, 0.5) is 5.69 Å². The molecule has 3 aromatic rings. The molecule has 0 saturated heterocycles. The molecule has 25 heavy (non-hydrogen) atoms. The molecule has 0 amide bonds. The van der Waals surface area contributed by atoms with Gasteiger partial charge in [0.25, 0.3) is 0 Å². The fourth-order valence-corrected chi connectivity index (χ4v) is 2.49. The number of pyridine rings is 1. The zero-order chi connectivity index (χ0) is 17.8. The number of fused-ring (bicyclic) bond motifs is 1. The average molecular weight is 337 g/mol. The van der Waals surface area contributed by atoms with Crippen molar-refractivity contribution in [3.05, 3.63) is 54.9 Å². The van der Waals surface area contributed by atoms with Gasteiger partial charge in [0.05, 0.1) is 18.0 Å². The Morgan fingerprint density at radius 2 is 2.08 bits per heavy atom. The molecule has 5 heteroatoms. The fraction of sp³-hybridized carbons (Fsp3) is 0.250. The molecular weight excluding hydrogens is 314 g/mol. The summed E-state index contributed by atoms with van der Waals surface area (Å²) in [4.78, 5) is 4.71. The van der Waals surface area contributed by atoms with E-state index in [0.29, 0.717) is 24.7 Å². The Morgan fingerprint density at radius 1 is 1.24 bits per heavy atom. The molecule has 0 fully saturated rings. The Hall–Kier alpha value is -2.95. The van der Waals surface area contributed by atoms with Crippen LogP contribution in [0.3, 0.4) is 0 Å². The van der Waals surface area contributed by atoms with Crippen LogP contribution in [0.1, 0.15) is 20.3 Å². The van der Waals surface area contributed by atoms with Gasteiger partial charge in [0.1, 0.15) is 12.4 Å². The molecule has 2 aromatic heterocycles. The summed E-state index contributed by atoms with van der Waals surface area (Å²) < 4.78 is 13.4. The maximum atomic E-state index is 6.11. The van der Waals surface area contributed by atoms with Crippen molar-refractivity contribution in [3.8, 4) is 22.8 Å².